The zero-order valence-electron chi connectivity index (χ0n) is 22.5. The molecular formula is C20H26N10O10P2S2. The zero-order chi connectivity index (χ0) is 31.4. The summed E-state index contributed by atoms with van der Waals surface area (Å²) < 4.78 is 49.3. The molecule has 7 N–H and O–H groups in total. The van der Waals surface area contributed by atoms with Gasteiger partial charge in [0, 0.05) is 20.0 Å². The number of hydrogen-bond acceptors (Lipinski definition) is 17. The minimum Gasteiger partial charge on any atom is -0.390 e. The Morgan fingerprint density at radius 2 is 1.84 bits per heavy atom. The standard InChI is InChI=1S/C20H26N10O10P2S2/c1-35-41(33,43)40-19-9(3-11(38-19)29-7-27-13-15(21)23-5-25-17(13)29)39-42(34,44)36-4-10-8(31)2-12(37-10)30-18-14(28-20(30)32)16(22)24-6-26-18/h5-12,19,31H,2-4H2,1H3,(H,28,32)(H,33,43)(H,34,44)(H2,21,23,25)(H2,22,24,26)/t8-,9?,10+,11+,12+,19+,41?,42?/m0/s1. The van der Waals surface area contributed by atoms with Gasteiger partial charge in [-0.25, -0.2) is 38.8 Å². The second kappa shape index (κ2) is 12.0. The van der Waals surface area contributed by atoms with Gasteiger partial charge in [-0.2, -0.15) is 0 Å². The first-order chi connectivity index (χ1) is 20.9. The van der Waals surface area contributed by atoms with Crippen LogP contribution in [-0.4, -0.2) is 87.4 Å². The van der Waals surface area contributed by atoms with E-state index in [-0.39, 0.29) is 35.6 Å². The molecule has 0 aromatic carbocycles. The molecule has 24 heteroatoms. The number of aliphatic hydroxyl groups excluding tert-OH is 1. The van der Waals surface area contributed by atoms with Crippen molar-refractivity contribution in [3.8, 4) is 0 Å². The zero-order valence-corrected chi connectivity index (χ0v) is 26.0. The number of fused-ring (bicyclic) bond motifs is 2. The van der Waals surface area contributed by atoms with Crippen molar-refractivity contribution in [1.29, 1.82) is 0 Å². The second-order valence-electron chi connectivity index (χ2n) is 9.63. The van der Waals surface area contributed by atoms with Crippen LogP contribution in [0.2, 0.25) is 0 Å². The van der Waals surface area contributed by atoms with Crippen molar-refractivity contribution in [2.75, 3.05) is 25.2 Å². The monoisotopic (exact) mass is 692 g/mol. The third-order valence-corrected chi connectivity index (χ3v) is 10.2. The average molecular weight is 693 g/mol. The molecule has 0 aliphatic carbocycles. The number of rotatable bonds is 10. The molecule has 4 aromatic heterocycles. The molecule has 6 heterocycles. The van der Waals surface area contributed by atoms with Crippen molar-refractivity contribution in [2.45, 2.75) is 49.9 Å². The minimum absolute atomic E-state index is 0.00785. The summed E-state index contributed by atoms with van der Waals surface area (Å²) in [6.45, 7) is -8.43. The summed E-state index contributed by atoms with van der Waals surface area (Å²) in [6.07, 6.45) is -2.63. The molecule has 4 aromatic rings. The van der Waals surface area contributed by atoms with Gasteiger partial charge in [0.25, 0.3) is 0 Å². The largest absolute Gasteiger partial charge is 0.390 e. The quantitative estimate of drug-likeness (QED) is 0.0965. The Hall–Kier alpha value is -2.59. The highest BCUT2D eigenvalue weighted by Crippen LogP contribution is 2.58. The van der Waals surface area contributed by atoms with Gasteiger partial charge in [-0.15, -0.1) is 0 Å². The van der Waals surface area contributed by atoms with Crippen LogP contribution < -0.4 is 17.2 Å². The molecule has 44 heavy (non-hydrogen) atoms. The Labute approximate surface area is 257 Å². The summed E-state index contributed by atoms with van der Waals surface area (Å²) >= 11 is 9.04. The normalized spacial score (nSPS) is 28.5. The first-order valence-corrected chi connectivity index (χ1v) is 18.0. The molecule has 0 spiro atoms. The van der Waals surface area contributed by atoms with E-state index in [2.05, 4.69) is 42.2 Å². The summed E-state index contributed by atoms with van der Waals surface area (Å²) in [7, 11) is 1.16. The van der Waals surface area contributed by atoms with Gasteiger partial charge in [-0.1, -0.05) is 12.2 Å². The number of imidazole rings is 2. The fourth-order valence-electron chi connectivity index (χ4n) is 4.84. The van der Waals surface area contributed by atoms with Crippen LogP contribution in [0.25, 0.3) is 22.3 Å². The van der Waals surface area contributed by atoms with E-state index in [9.17, 15) is 19.4 Å². The second-order valence-corrected chi connectivity index (χ2v) is 15.4. The van der Waals surface area contributed by atoms with Crippen molar-refractivity contribution in [2.24, 2.45) is 0 Å². The number of aromatic nitrogens is 8. The predicted molar refractivity (Wildman–Crippen MR) is 157 cm³/mol. The number of thiol groups is 1. The lowest BCUT2D eigenvalue weighted by Gasteiger charge is -2.25. The number of nitrogens with one attached hydrogen (secondary N) is 1. The fourth-order valence-corrected chi connectivity index (χ4v) is 7.12. The molecule has 2 aliphatic rings. The Morgan fingerprint density at radius 1 is 1.11 bits per heavy atom. The van der Waals surface area contributed by atoms with Crippen LogP contribution >= 0.6 is 25.8 Å². The molecule has 0 amide bonds. The van der Waals surface area contributed by atoms with Gasteiger partial charge in [0.05, 0.1) is 19.0 Å². The Morgan fingerprint density at radius 3 is 2.59 bits per heavy atom. The minimum atomic E-state index is -4.21. The molecule has 2 fully saturated rings. The van der Waals surface area contributed by atoms with E-state index in [0.717, 1.165) is 7.11 Å². The van der Waals surface area contributed by atoms with Gasteiger partial charge in [0.1, 0.15) is 48.4 Å². The summed E-state index contributed by atoms with van der Waals surface area (Å²) in [4.78, 5) is 45.7. The summed E-state index contributed by atoms with van der Waals surface area (Å²) in [5.41, 5.74) is 12.2. The van der Waals surface area contributed by atoms with E-state index in [1.54, 1.807) is 0 Å². The third kappa shape index (κ3) is 6.13. The van der Waals surface area contributed by atoms with E-state index < -0.39 is 62.9 Å². The van der Waals surface area contributed by atoms with Crippen LogP contribution in [-0.2, 0) is 43.9 Å². The van der Waals surface area contributed by atoms with Crippen LogP contribution in [0.4, 0.5) is 11.6 Å². The highest BCUT2D eigenvalue weighted by atomic mass is 32.7. The van der Waals surface area contributed by atoms with E-state index in [1.807, 2.05) is 0 Å². The number of hydrogen-bond donors (Lipinski definition) is 6. The van der Waals surface area contributed by atoms with E-state index in [4.69, 9.17) is 50.8 Å². The number of nitrogens with zero attached hydrogens (tertiary/aromatic N) is 7. The number of anilines is 2. The SMILES string of the molecule is COP(O)(=S)O[C@H]1O[C@@H](n2cnc3c(N)ncnc32)CC1OP(=O)(S)OC[C@H]1O[C@@H](n2c(=O)[nH]c3c(N)ncnc32)C[C@@H]1O. The highest BCUT2D eigenvalue weighted by Gasteiger charge is 2.45. The highest BCUT2D eigenvalue weighted by molar-refractivity contribution is 8.44. The van der Waals surface area contributed by atoms with Gasteiger partial charge in [-0.3, -0.25) is 18.1 Å². The van der Waals surface area contributed by atoms with Crippen molar-refractivity contribution in [3.63, 3.8) is 0 Å². The topological polar surface area (TPSA) is 272 Å². The molecule has 0 saturated carbocycles. The van der Waals surface area contributed by atoms with E-state index in [1.165, 1.54) is 28.1 Å². The first kappa shape index (κ1) is 31.4. The fraction of sp³-hybridized carbons (Fsp3) is 0.500. The lowest BCUT2D eigenvalue weighted by molar-refractivity contribution is -0.126. The van der Waals surface area contributed by atoms with Crippen LogP contribution in [0, 0.1) is 0 Å². The maximum atomic E-state index is 13.4. The summed E-state index contributed by atoms with van der Waals surface area (Å²) in [5, 5.41) is 10.6. The number of H-pyrrole nitrogens is 1. The predicted octanol–water partition coefficient (Wildman–Crippen LogP) is 0.337. The Bertz CT molecular complexity index is 1860. The molecule has 238 valence electrons. The Balaban J connectivity index is 1.15. The van der Waals surface area contributed by atoms with Crippen molar-refractivity contribution in [3.05, 3.63) is 29.5 Å². The van der Waals surface area contributed by atoms with E-state index >= 15 is 0 Å². The van der Waals surface area contributed by atoms with Crippen LogP contribution in [0.15, 0.2) is 23.8 Å². The first-order valence-electron chi connectivity index (χ1n) is 12.7. The van der Waals surface area contributed by atoms with Crippen molar-refractivity contribution >= 4 is 71.5 Å². The van der Waals surface area contributed by atoms with Crippen LogP contribution in [0.5, 0.6) is 0 Å². The van der Waals surface area contributed by atoms with Crippen molar-refractivity contribution < 1.29 is 42.1 Å². The molecule has 0 radical (unpaired) electrons. The van der Waals surface area contributed by atoms with Crippen LogP contribution in [0.1, 0.15) is 25.3 Å². The molecule has 3 unspecified atom stereocenters. The number of ether oxygens (including phenoxy) is 2. The molecule has 2 aliphatic heterocycles. The number of nitrogens with two attached hydrogens (primary N) is 2. The maximum absolute atomic E-state index is 13.4. The summed E-state index contributed by atoms with van der Waals surface area (Å²) in [6, 6.07) is 0. The number of aromatic amines is 1. The molecule has 6 rings (SSSR count). The van der Waals surface area contributed by atoms with E-state index in [0.29, 0.717) is 11.2 Å². The molecule has 2 saturated heterocycles. The van der Waals surface area contributed by atoms with Crippen molar-refractivity contribution in [1.82, 2.24) is 39.0 Å². The molecule has 20 nitrogen and oxygen atoms in total. The van der Waals surface area contributed by atoms with Gasteiger partial charge in [0.2, 0.25) is 0 Å². The lowest BCUT2D eigenvalue weighted by atomic mass is 10.2. The van der Waals surface area contributed by atoms with Crippen LogP contribution in [0.3, 0.4) is 0 Å². The smallest absolute Gasteiger partial charge is 0.386 e. The van der Waals surface area contributed by atoms with Gasteiger partial charge in [0.15, 0.2) is 29.2 Å². The number of aliphatic hydroxyl groups is 1. The van der Waals surface area contributed by atoms with Gasteiger partial charge >= 0.3 is 19.2 Å². The van der Waals surface area contributed by atoms with Gasteiger partial charge < -0.3 is 40.4 Å². The molecule has 0 bridgehead atoms. The third-order valence-electron chi connectivity index (χ3n) is 6.89. The maximum Gasteiger partial charge on any atom is 0.386 e. The average Bonchev–Trinajstić information content (AvgIpc) is 3.72. The summed E-state index contributed by atoms with van der Waals surface area (Å²) in [5.74, 6) is 0.218. The molecular weight excluding hydrogens is 666 g/mol. The molecule has 8 atom stereocenters. The lowest BCUT2D eigenvalue weighted by Crippen LogP contribution is -2.28. The Kier molecular flexibility index (Phi) is 8.54. The van der Waals surface area contributed by atoms with Gasteiger partial charge in [-0.05, 0) is 11.8 Å². The number of nitrogen functional groups attached to an aromatic ring is 2.